The molecule has 0 unspecified atom stereocenters. The zero-order valence-electron chi connectivity index (χ0n) is 14.6. The third kappa shape index (κ3) is 4.07. The van der Waals surface area contributed by atoms with E-state index in [-0.39, 0.29) is 11.6 Å². The second-order valence-electron chi connectivity index (χ2n) is 6.36. The Morgan fingerprint density at radius 1 is 1.19 bits per heavy atom. The van der Waals surface area contributed by atoms with Crippen LogP contribution in [0.15, 0.2) is 48.5 Å². The number of para-hydroxylation sites is 1. The smallest absolute Gasteiger partial charge is 0.287 e. The summed E-state index contributed by atoms with van der Waals surface area (Å²) in [4.78, 5) is 24.8. The first-order valence-electron chi connectivity index (χ1n) is 8.59. The fourth-order valence-electron chi connectivity index (χ4n) is 3.23. The molecule has 1 aliphatic heterocycles. The number of aryl methyl sites for hydroxylation is 1. The van der Waals surface area contributed by atoms with Crippen molar-refractivity contribution in [3.05, 3.63) is 69.8 Å². The number of nitrogens with one attached hydrogen (secondary N) is 2. The molecule has 1 atom stereocenters. The van der Waals surface area contributed by atoms with Crippen LogP contribution in [0.1, 0.15) is 17.2 Å². The van der Waals surface area contributed by atoms with E-state index in [0.29, 0.717) is 31.9 Å². The van der Waals surface area contributed by atoms with Gasteiger partial charge in [0.05, 0.1) is 18.1 Å². The summed E-state index contributed by atoms with van der Waals surface area (Å²) in [6.45, 7) is 4.42. The van der Waals surface area contributed by atoms with E-state index >= 15 is 0 Å². The van der Waals surface area contributed by atoms with Crippen LogP contribution in [0.2, 0.25) is 0 Å². The molecule has 7 heteroatoms. The Hall–Kier alpha value is -2.77. The third-order valence-electron chi connectivity index (χ3n) is 4.62. The number of hydrogen-bond acceptors (Lipinski definition) is 4. The average molecular weight is 356 g/mol. The summed E-state index contributed by atoms with van der Waals surface area (Å²) in [6.07, 6.45) is 0. The highest BCUT2D eigenvalue weighted by molar-refractivity contribution is 5.95. The number of nitro benzene ring substituents is 1. The molecule has 0 saturated carbocycles. The van der Waals surface area contributed by atoms with Gasteiger partial charge in [-0.1, -0.05) is 30.3 Å². The van der Waals surface area contributed by atoms with E-state index in [4.69, 9.17) is 4.74 Å². The zero-order chi connectivity index (χ0) is 18.5. The van der Waals surface area contributed by atoms with Crippen LogP contribution in [0.5, 0.6) is 0 Å². The fourth-order valence-corrected chi connectivity index (χ4v) is 3.23. The van der Waals surface area contributed by atoms with E-state index in [0.717, 1.165) is 16.2 Å². The number of ether oxygens (including phenoxy) is 1. The van der Waals surface area contributed by atoms with E-state index in [1.807, 2.05) is 31.2 Å². The van der Waals surface area contributed by atoms with Crippen molar-refractivity contribution in [2.75, 3.05) is 31.6 Å². The summed E-state index contributed by atoms with van der Waals surface area (Å²) in [7, 11) is 0. The highest BCUT2D eigenvalue weighted by Crippen LogP contribution is 2.21. The number of morpholine rings is 1. The van der Waals surface area contributed by atoms with Gasteiger partial charge in [-0.05, 0) is 18.6 Å². The Morgan fingerprint density at radius 2 is 1.92 bits per heavy atom. The van der Waals surface area contributed by atoms with Crippen molar-refractivity contribution in [1.29, 1.82) is 0 Å². The minimum atomic E-state index is -0.529. The van der Waals surface area contributed by atoms with Crippen molar-refractivity contribution in [2.24, 2.45) is 0 Å². The lowest BCUT2D eigenvalue weighted by Crippen LogP contribution is -3.15. The SMILES string of the molecule is Cc1ccccc1NC(=O)[C@H](c1cccc([N+](=O)[O-])c1)[NH+]1CCOCC1. The van der Waals surface area contributed by atoms with E-state index in [2.05, 4.69) is 5.32 Å². The number of benzene rings is 2. The van der Waals surface area contributed by atoms with Crippen molar-refractivity contribution in [1.82, 2.24) is 0 Å². The van der Waals surface area contributed by atoms with Gasteiger partial charge in [0.2, 0.25) is 0 Å². The van der Waals surface area contributed by atoms with Crippen LogP contribution in [0.4, 0.5) is 11.4 Å². The molecule has 1 heterocycles. The van der Waals surface area contributed by atoms with Gasteiger partial charge in [-0.25, -0.2) is 0 Å². The normalized spacial score (nSPS) is 16.0. The topological polar surface area (TPSA) is 85.9 Å². The number of non-ortho nitro benzene ring substituents is 1. The number of carbonyl (C=O) groups is 1. The largest absolute Gasteiger partial charge is 0.370 e. The summed E-state index contributed by atoms with van der Waals surface area (Å²) in [5.74, 6) is -0.170. The first-order chi connectivity index (χ1) is 12.6. The summed E-state index contributed by atoms with van der Waals surface area (Å²) in [5.41, 5.74) is 2.35. The maximum absolute atomic E-state index is 13.1. The second kappa shape index (κ2) is 8.07. The Balaban J connectivity index is 1.92. The van der Waals surface area contributed by atoms with Gasteiger partial charge in [0.15, 0.2) is 6.04 Å². The first-order valence-corrected chi connectivity index (χ1v) is 8.59. The van der Waals surface area contributed by atoms with Crippen molar-refractivity contribution < 1.29 is 19.4 Å². The minimum absolute atomic E-state index is 0.0103. The molecule has 2 N–H and O–H groups in total. The molecule has 0 aliphatic carbocycles. The standard InChI is InChI=1S/C19H21N3O4/c1-14-5-2-3-8-17(14)20-19(23)18(21-9-11-26-12-10-21)15-6-4-7-16(13-15)22(24)25/h2-8,13,18H,9-12H2,1H3,(H,20,23)/p+1/t18-/m0/s1. The Bertz CT molecular complexity index is 803. The molecule has 26 heavy (non-hydrogen) atoms. The molecule has 2 aromatic carbocycles. The molecule has 7 nitrogen and oxygen atoms in total. The van der Waals surface area contributed by atoms with Gasteiger partial charge < -0.3 is 15.0 Å². The monoisotopic (exact) mass is 356 g/mol. The molecule has 1 amide bonds. The summed E-state index contributed by atoms with van der Waals surface area (Å²) < 4.78 is 5.40. The molecule has 3 rings (SSSR count). The molecule has 0 spiro atoms. The first kappa shape index (κ1) is 18.0. The highest BCUT2D eigenvalue weighted by atomic mass is 16.6. The van der Waals surface area contributed by atoms with Gasteiger partial charge in [-0.3, -0.25) is 14.9 Å². The molecule has 0 bridgehead atoms. The van der Waals surface area contributed by atoms with Gasteiger partial charge in [-0.2, -0.15) is 0 Å². The Labute approximate surface area is 151 Å². The van der Waals surface area contributed by atoms with Crippen molar-refractivity contribution in [3.8, 4) is 0 Å². The average Bonchev–Trinajstić information content (AvgIpc) is 2.65. The maximum Gasteiger partial charge on any atom is 0.287 e. The number of rotatable bonds is 5. The fraction of sp³-hybridized carbons (Fsp3) is 0.316. The molecular formula is C19H22N3O4+. The number of nitrogens with zero attached hydrogens (tertiary/aromatic N) is 1. The number of anilines is 1. The van der Waals surface area contributed by atoms with Gasteiger partial charge in [0.1, 0.15) is 13.1 Å². The van der Waals surface area contributed by atoms with E-state index in [1.54, 1.807) is 12.1 Å². The Kier molecular flexibility index (Phi) is 5.60. The van der Waals surface area contributed by atoms with Crippen LogP contribution >= 0.6 is 0 Å². The van der Waals surface area contributed by atoms with E-state index in [1.165, 1.54) is 12.1 Å². The number of carbonyl (C=O) groups excluding carboxylic acids is 1. The van der Waals surface area contributed by atoms with Crippen LogP contribution in [0, 0.1) is 17.0 Å². The summed E-state index contributed by atoms with van der Waals surface area (Å²) >= 11 is 0. The van der Waals surface area contributed by atoms with E-state index in [9.17, 15) is 14.9 Å². The van der Waals surface area contributed by atoms with Crippen molar-refractivity contribution in [2.45, 2.75) is 13.0 Å². The van der Waals surface area contributed by atoms with Gasteiger partial charge >= 0.3 is 0 Å². The lowest BCUT2D eigenvalue weighted by atomic mass is 10.0. The highest BCUT2D eigenvalue weighted by Gasteiger charge is 2.34. The van der Waals surface area contributed by atoms with Crippen LogP contribution in [-0.4, -0.2) is 37.1 Å². The number of amides is 1. The molecule has 0 radical (unpaired) electrons. The number of nitro groups is 1. The van der Waals surface area contributed by atoms with Crippen molar-refractivity contribution >= 4 is 17.3 Å². The maximum atomic E-state index is 13.1. The van der Waals surface area contributed by atoms with Crippen molar-refractivity contribution in [3.63, 3.8) is 0 Å². The van der Waals surface area contributed by atoms with Gasteiger partial charge in [0.25, 0.3) is 11.6 Å². The zero-order valence-corrected chi connectivity index (χ0v) is 14.6. The van der Waals surface area contributed by atoms with Crippen LogP contribution in [0.3, 0.4) is 0 Å². The predicted molar refractivity (Wildman–Crippen MR) is 97.2 cm³/mol. The summed E-state index contributed by atoms with van der Waals surface area (Å²) in [5, 5.41) is 14.1. The van der Waals surface area contributed by atoms with Crippen LogP contribution in [-0.2, 0) is 9.53 Å². The Morgan fingerprint density at radius 3 is 2.62 bits per heavy atom. The quantitative estimate of drug-likeness (QED) is 0.628. The third-order valence-corrected chi connectivity index (χ3v) is 4.62. The molecule has 1 saturated heterocycles. The molecule has 1 fully saturated rings. The molecular weight excluding hydrogens is 334 g/mol. The predicted octanol–water partition coefficient (Wildman–Crippen LogP) is 1.50. The summed E-state index contributed by atoms with van der Waals surface area (Å²) in [6, 6.07) is 13.4. The number of quaternary nitrogens is 1. The second-order valence-corrected chi connectivity index (χ2v) is 6.36. The van der Waals surface area contributed by atoms with Crippen LogP contribution in [0.25, 0.3) is 0 Å². The number of hydrogen-bond donors (Lipinski definition) is 2. The van der Waals surface area contributed by atoms with Gasteiger partial charge in [-0.15, -0.1) is 0 Å². The lowest BCUT2D eigenvalue weighted by molar-refractivity contribution is -0.929. The lowest BCUT2D eigenvalue weighted by Gasteiger charge is -2.31. The molecule has 136 valence electrons. The van der Waals surface area contributed by atoms with E-state index < -0.39 is 11.0 Å². The molecule has 1 aliphatic rings. The minimum Gasteiger partial charge on any atom is -0.370 e. The van der Waals surface area contributed by atoms with Crippen LogP contribution < -0.4 is 10.2 Å². The van der Waals surface area contributed by atoms with Gasteiger partial charge in [0, 0.05) is 23.4 Å². The molecule has 0 aromatic heterocycles. The molecule has 2 aromatic rings.